The maximum absolute atomic E-state index is 12.7. The van der Waals surface area contributed by atoms with Gasteiger partial charge in [0, 0.05) is 57.0 Å². The van der Waals surface area contributed by atoms with E-state index in [2.05, 4.69) is 87.1 Å². The lowest BCUT2D eigenvalue weighted by Crippen LogP contribution is -2.51. The van der Waals surface area contributed by atoms with Gasteiger partial charge in [-0.25, -0.2) is 4.79 Å². The van der Waals surface area contributed by atoms with Crippen molar-refractivity contribution in [3.8, 4) is 0 Å². The Bertz CT molecular complexity index is 1170. The van der Waals surface area contributed by atoms with Crippen molar-refractivity contribution < 1.29 is 9.53 Å². The number of carbonyl (C=O) groups excluding carboxylic acids is 1. The van der Waals surface area contributed by atoms with Crippen molar-refractivity contribution in [2.75, 3.05) is 46.3 Å². The lowest BCUT2D eigenvalue weighted by Gasteiger charge is -2.40. The van der Waals surface area contributed by atoms with Crippen molar-refractivity contribution in [2.45, 2.75) is 59.6 Å². The average molecular weight is 599 g/mol. The van der Waals surface area contributed by atoms with E-state index < -0.39 is 5.60 Å². The minimum atomic E-state index is -0.506. The molecule has 1 atom stereocenters. The molecule has 212 valence electrons. The van der Waals surface area contributed by atoms with Crippen LogP contribution < -0.4 is 0 Å². The highest BCUT2D eigenvalue weighted by Gasteiger charge is 2.32. The number of hydrogen-bond donors (Lipinski definition) is 0. The molecular weight excluding hydrogens is 554 g/mol. The molecule has 7 nitrogen and oxygen atoms in total. The first kappa shape index (κ1) is 30.8. The van der Waals surface area contributed by atoms with Crippen LogP contribution in [0.5, 0.6) is 0 Å². The number of rotatable bonds is 8. The van der Waals surface area contributed by atoms with Gasteiger partial charge in [0.2, 0.25) is 0 Å². The maximum atomic E-state index is 12.7. The number of pyridine rings is 1. The number of ether oxygens (including phenoxy) is 1. The van der Waals surface area contributed by atoms with Crippen LogP contribution in [0, 0.1) is 0 Å². The maximum Gasteiger partial charge on any atom is 0.410 e. The van der Waals surface area contributed by atoms with E-state index in [1.54, 1.807) is 0 Å². The molecule has 1 aromatic carbocycles. The molecule has 1 aliphatic rings. The molecule has 1 aliphatic heterocycles. The van der Waals surface area contributed by atoms with Gasteiger partial charge in [-0.3, -0.25) is 14.9 Å². The first-order chi connectivity index (χ1) is 18.6. The molecule has 1 saturated heterocycles. The van der Waals surface area contributed by atoms with Gasteiger partial charge in [-0.1, -0.05) is 43.3 Å². The van der Waals surface area contributed by atoms with Crippen LogP contribution in [0.2, 0.25) is 0 Å². The zero-order valence-corrected chi connectivity index (χ0v) is 26.2. The molecule has 1 amide bonds. The predicted octanol–water partition coefficient (Wildman–Crippen LogP) is 6.43. The zero-order chi connectivity index (χ0) is 28.6. The van der Waals surface area contributed by atoms with E-state index in [0.29, 0.717) is 13.1 Å². The summed E-state index contributed by atoms with van der Waals surface area (Å²) in [5.74, 6) is 1.03. The van der Waals surface area contributed by atoms with E-state index >= 15 is 0 Å². The summed E-state index contributed by atoms with van der Waals surface area (Å²) >= 11 is 3.61. The summed E-state index contributed by atoms with van der Waals surface area (Å²) in [4.78, 5) is 28.6. The molecule has 3 rings (SSSR count). The number of halogens is 1. The third kappa shape index (κ3) is 8.39. The highest BCUT2D eigenvalue weighted by atomic mass is 79.9. The fourth-order valence-corrected chi connectivity index (χ4v) is 5.26. The number of amides is 1. The third-order valence-corrected chi connectivity index (χ3v) is 7.45. The van der Waals surface area contributed by atoms with E-state index in [0.717, 1.165) is 48.6 Å². The molecule has 0 spiro atoms. The highest BCUT2D eigenvalue weighted by molar-refractivity contribution is 9.10. The number of nitrogens with zero attached hydrogens (tertiary/aromatic N) is 5. The molecule has 39 heavy (non-hydrogen) atoms. The van der Waals surface area contributed by atoms with Crippen LogP contribution in [0.3, 0.4) is 0 Å². The summed E-state index contributed by atoms with van der Waals surface area (Å²) in [6, 6.07) is 10.7. The second-order valence-corrected chi connectivity index (χ2v) is 11.7. The molecule has 2 aromatic rings. The lowest BCUT2D eigenvalue weighted by atomic mass is 9.92. The van der Waals surface area contributed by atoms with E-state index in [1.165, 1.54) is 16.7 Å². The van der Waals surface area contributed by atoms with Crippen LogP contribution in [0.1, 0.15) is 70.0 Å². The van der Waals surface area contributed by atoms with Crippen molar-refractivity contribution in [2.24, 2.45) is 4.99 Å². The SMILES string of the molecule is CCc1cc(Br)cnc1C(c1ccccc1/C=C/CN(CC)C(C)=NC)N1CCN(C(=O)OC(C)(C)C)CC1. The van der Waals surface area contributed by atoms with Crippen molar-refractivity contribution in [1.29, 1.82) is 0 Å². The Balaban J connectivity index is 1.95. The Morgan fingerprint density at radius 2 is 1.90 bits per heavy atom. The van der Waals surface area contributed by atoms with Crippen LogP contribution in [0.4, 0.5) is 4.79 Å². The molecule has 0 saturated carbocycles. The summed E-state index contributed by atoms with van der Waals surface area (Å²) in [5.41, 5.74) is 4.17. The summed E-state index contributed by atoms with van der Waals surface area (Å²) in [6.07, 6.45) is 6.96. The number of likely N-dealkylation sites (N-methyl/N-ethyl adjacent to an activating group) is 1. The van der Waals surface area contributed by atoms with Gasteiger partial charge in [0.15, 0.2) is 0 Å². The summed E-state index contributed by atoms with van der Waals surface area (Å²) in [5, 5.41) is 0. The standard InChI is InChI=1S/C31H44BrN5O2/c1-8-24-21-26(32)22-34-28(24)29(36-17-19-37(20-18-36)30(38)39-31(4,5)6)27-15-11-10-13-25(27)14-12-16-35(9-2)23(3)33-7/h10-15,21-22,29H,8-9,16-20H2,1-7H3/b14-12+,33-23?. The van der Waals surface area contributed by atoms with Gasteiger partial charge in [-0.15, -0.1) is 0 Å². The minimum Gasteiger partial charge on any atom is -0.444 e. The number of aliphatic imine (C=N–C) groups is 1. The lowest BCUT2D eigenvalue weighted by molar-refractivity contribution is 0.0117. The number of hydrogen-bond acceptors (Lipinski definition) is 5. The molecule has 0 radical (unpaired) electrons. The number of piperazine rings is 1. The summed E-state index contributed by atoms with van der Waals surface area (Å²) in [6.45, 7) is 16.5. The van der Waals surface area contributed by atoms with Crippen LogP contribution >= 0.6 is 15.9 Å². The molecule has 0 N–H and O–H groups in total. The second-order valence-electron chi connectivity index (χ2n) is 10.8. The Kier molecular flexibility index (Phi) is 11.1. The van der Waals surface area contributed by atoms with E-state index in [1.807, 2.05) is 45.8 Å². The largest absolute Gasteiger partial charge is 0.444 e. The van der Waals surface area contributed by atoms with Gasteiger partial charge in [-0.05, 0) is 79.7 Å². The van der Waals surface area contributed by atoms with Gasteiger partial charge < -0.3 is 14.5 Å². The van der Waals surface area contributed by atoms with Gasteiger partial charge in [-0.2, -0.15) is 0 Å². The molecule has 0 bridgehead atoms. The number of aryl methyl sites for hydroxylation is 1. The fraction of sp³-hybridized carbons (Fsp3) is 0.516. The van der Waals surface area contributed by atoms with Crippen LogP contribution in [-0.4, -0.2) is 83.5 Å². The molecular formula is C31H44BrN5O2. The fourth-order valence-electron chi connectivity index (χ4n) is 4.88. The first-order valence-electron chi connectivity index (χ1n) is 13.9. The molecule has 8 heteroatoms. The number of benzene rings is 1. The van der Waals surface area contributed by atoms with Gasteiger partial charge >= 0.3 is 6.09 Å². The average Bonchev–Trinajstić information content (AvgIpc) is 2.91. The van der Waals surface area contributed by atoms with Crippen LogP contribution in [-0.2, 0) is 11.2 Å². The van der Waals surface area contributed by atoms with Gasteiger partial charge in [0.05, 0.1) is 17.6 Å². The summed E-state index contributed by atoms with van der Waals surface area (Å²) in [7, 11) is 1.83. The third-order valence-electron chi connectivity index (χ3n) is 7.02. The van der Waals surface area contributed by atoms with Crippen molar-refractivity contribution >= 4 is 33.9 Å². The Morgan fingerprint density at radius 1 is 1.21 bits per heavy atom. The molecule has 1 fully saturated rings. The number of amidine groups is 1. The predicted molar refractivity (Wildman–Crippen MR) is 164 cm³/mol. The van der Waals surface area contributed by atoms with Crippen molar-refractivity contribution in [3.63, 3.8) is 0 Å². The van der Waals surface area contributed by atoms with E-state index in [4.69, 9.17) is 9.72 Å². The van der Waals surface area contributed by atoms with E-state index in [9.17, 15) is 4.79 Å². The first-order valence-corrected chi connectivity index (χ1v) is 14.7. The van der Waals surface area contributed by atoms with Gasteiger partial charge in [0.1, 0.15) is 5.60 Å². The topological polar surface area (TPSA) is 61.3 Å². The van der Waals surface area contributed by atoms with Crippen LogP contribution in [0.25, 0.3) is 6.08 Å². The normalized spacial score (nSPS) is 16.0. The Morgan fingerprint density at radius 3 is 2.51 bits per heavy atom. The number of aromatic nitrogens is 1. The molecule has 1 unspecified atom stereocenters. The number of carbonyl (C=O) groups is 1. The monoisotopic (exact) mass is 597 g/mol. The second kappa shape index (κ2) is 14.1. The summed E-state index contributed by atoms with van der Waals surface area (Å²) < 4.78 is 6.62. The van der Waals surface area contributed by atoms with E-state index in [-0.39, 0.29) is 12.1 Å². The van der Waals surface area contributed by atoms with Crippen molar-refractivity contribution in [1.82, 2.24) is 19.7 Å². The molecule has 0 aliphatic carbocycles. The van der Waals surface area contributed by atoms with Crippen molar-refractivity contribution in [3.05, 3.63) is 69.5 Å². The highest BCUT2D eigenvalue weighted by Crippen LogP contribution is 2.34. The van der Waals surface area contributed by atoms with Gasteiger partial charge in [0.25, 0.3) is 0 Å². The minimum absolute atomic E-state index is 0.0316. The molecule has 2 heterocycles. The quantitative estimate of drug-likeness (QED) is 0.259. The zero-order valence-electron chi connectivity index (χ0n) is 24.6. The smallest absolute Gasteiger partial charge is 0.410 e. The molecule has 1 aromatic heterocycles. The Hall–Kier alpha value is -2.71. The van der Waals surface area contributed by atoms with Crippen LogP contribution in [0.15, 0.2) is 52.1 Å². The Labute approximate surface area is 243 Å².